The molecular formula is C17H24N4O3S. The average molecular weight is 364 g/mol. The molecule has 1 aromatic heterocycles. The fourth-order valence-corrected chi connectivity index (χ4v) is 3.56. The minimum atomic E-state index is -3.74. The van der Waals surface area contributed by atoms with Crippen molar-refractivity contribution < 1.29 is 13.2 Å². The Hall–Kier alpha value is -2.35. The number of sulfonamides is 1. The van der Waals surface area contributed by atoms with Gasteiger partial charge >= 0.3 is 0 Å². The Bertz CT molecular complexity index is 807. The quantitative estimate of drug-likeness (QED) is 0.775. The summed E-state index contributed by atoms with van der Waals surface area (Å²) in [6.45, 7) is 4.72. The third-order valence-electron chi connectivity index (χ3n) is 3.80. The lowest BCUT2D eigenvalue weighted by atomic mass is 10.2. The molecule has 0 atom stereocenters. The Morgan fingerprint density at radius 2 is 1.96 bits per heavy atom. The van der Waals surface area contributed by atoms with Crippen LogP contribution in [0.3, 0.4) is 0 Å². The molecule has 0 aliphatic heterocycles. The van der Waals surface area contributed by atoms with Gasteiger partial charge in [0.05, 0.1) is 12.0 Å². The molecule has 8 heteroatoms. The van der Waals surface area contributed by atoms with Gasteiger partial charge in [-0.05, 0) is 49.2 Å². The normalized spacial score (nSPS) is 11.2. The molecule has 0 amide bonds. The van der Waals surface area contributed by atoms with Crippen molar-refractivity contribution in [2.75, 3.05) is 30.3 Å². The molecule has 25 heavy (non-hydrogen) atoms. The molecule has 0 aliphatic carbocycles. The summed E-state index contributed by atoms with van der Waals surface area (Å²) in [6.07, 6.45) is 2.15. The Labute approximate surface area is 149 Å². The highest BCUT2D eigenvalue weighted by atomic mass is 32.2. The number of anilines is 2. The number of unbranched alkanes of at least 4 members (excludes halogenated alkanes) is 1. The summed E-state index contributed by atoms with van der Waals surface area (Å²) in [5, 5.41) is 8.06. The van der Waals surface area contributed by atoms with Gasteiger partial charge in [-0.25, -0.2) is 8.42 Å². The summed E-state index contributed by atoms with van der Waals surface area (Å²) >= 11 is 0. The van der Waals surface area contributed by atoms with Gasteiger partial charge in [0.2, 0.25) is 0 Å². The average Bonchev–Trinajstić information content (AvgIpc) is 2.59. The molecule has 0 spiro atoms. The van der Waals surface area contributed by atoms with Crippen molar-refractivity contribution in [1.82, 2.24) is 10.2 Å². The van der Waals surface area contributed by atoms with E-state index in [0.717, 1.165) is 19.4 Å². The predicted octanol–water partition coefficient (Wildman–Crippen LogP) is 2.83. The van der Waals surface area contributed by atoms with E-state index in [1.807, 2.05) is 11.9 Å². The number of aryl methyl sites for hydroxylation is 1. The number of benzene rings is 1. The molecule has 2 aromatic rings. The summed E-state index contributed by atoms with van der Waals surface area (Å²) < 4.78 is 32.7. The molecule has 0 saturated carbocycles. The SMILES string of the molecule is CCCCN(C)c1ccc(NS(=O)(=O)c2ccc(OC)cc2C)nn1. The highest BCUT2D eigenvalue weighted by molar-refractivity contribution is 7.92. The van der Waals surface area contributed by atoms with Gasteiger partial charge in [0.25, 0.3) is 10.0 Å². The lowest BCUT2D eigenvalue weighted by Gasteiger charge is -2.17. The molecule has 1 heterocycles. The standard InChI is InChI=1S/C17H24N4O3S/c1-5-6-11-21(3)17-10-9-16(18-19-17)20-25(22,23)15-8-7-14(24-4)12-13(15)2/h7-10,12H,5-6,11H2,1-4H3,(H,18,20). The molecule has 1 aromatic carbocycles. The summed E-state index contributed by atoms with van der Waals surface area (Å²) in [6, 6.07) is 8.16. The predicted molar refractivity (Wildman–Crippen MR) is 98.7 cm³/mol. The summed E-state index contributed by atoms with van der Waals surface area (Å²) in [7, 11) is -0.266. The van der Waals surface area contributed by atoms with Gasteiger partial charge in [-0.2, -0.15) is 0 Å². The summed E-state index contributed by atoms with van der Waals surface area (Å²) in [5.74, 6) is 1.50. The van der Waals surface area contributed by atoms with Crippen LogP contribution in [-0.2, 0) is 10.0 Å². The van der Waals surface area contributed by atoms with Crippen LogP contribution in [0.25, 0.3) is 0 Å². The van der Waals surface area contributed by atoms with Crippen LogP contribution in [0.15, 0.2) is 35.2 Å². The van der Waals surface area contributed by atoms with Crippen LogP contribution in [0, 0.1) is 6.92 Å². The highest BCUT2D eigenvalue weighted by Crippen LogP contribution is 2.23. The second-order valence-electron chi connectivity index (χ2n) is 5.79. The Morgan fingerprint density at radius 3 is 2.52 bits per heavy atom. The fourth-order valence-electron chi connectivity index (χ4n) is 2.34. The van der Waals surface area contributed by atoms with Crippen LogP contribution in [0.2, 0.25) is 0 Å². The van der Waals surface area contributed by atoms with Crippen LogP contribution in [0.4, 0.5) is 11.6 Å². The van der Waals surface area contributed by atoms with Crippen LogP contribution in [-0.4, -0.2) is 39.3 Å². The van der Waals surface area contributed by atoms with Gasteiger partial charge in [0.1, 0.15) is 5.75 Å². The van der Waals surface area contributed by atoms with Gasteiger partial charge < -0.3 is 9.64 Å². The largest absolute Gasteiger partial charge is 0.497 e. The lowest BCUT2D eigenvalue weighted by Crippen LogP contribution is -2.20. The second-order valence-corrected chi connectivity index (χ2v) is 7.44. The van der Waals surface area contributed by atoms with Crippen LogP contribution >= 0.6 is 0 Å². The van der Waals surface area contributed by atoms with Gasteiger partial charge in [-0.15, -0.1) is 10.2 Å². The number of ether oxygens (including phenoxy) is 1. The number of methoxy groups -OCH3 is 1. The molecule has 0 fully saturated rings. The van der Waals surface area contributed by atoms with E-state index in [9.17, 15) is 8.42 Å². The molecule has 0 saturated heterocycles. The van der Waals surface area contributed by atoms with Crippen molar-refractivity contribution in [2.45, 2.75) is 31.6 Å². The highest BCUT2D eigenvalue weighted by Gasteiger charge is 2.18. The minimum Gasteiger partial charge on any atom is -0.497 e. The Kier molecular flexibility index (Phi) is 6.19. The number of hydrogen-bond acceptors (Lipinski definition) is 6. The fraction of sp³-hybridized carbons (Fsp3) is 0.412. The summed E-state index contributed by atoms with van der Waals surface area (Å²) in [4.78, 5) is 2.17. The molecule has 136 valence electrons. The zero-order chi connectivity index (χ0) is 18.4. The van der Waals surface area contributed by atoms with Crippen LogP contribution < -0.4 is 14.4 Å². The number of nitrogens with one attached hydrogen (secondary N) is 1. The number of aromatic nitrogens is 2. The maximum absolute atomic E-state index is 12.6. The van der Waals surface area contributed by atoms with E-state index in [2.05, 4.69) is 21.8 Å². The van der Waals surface area contributed by atoms with Crippen molar-refractivity contribution in [1.29, 1.82) is 0 Å². The van der Waals surface area contributed by atoms with Crippen molar-refractivity contribution in [3.63, 3.8) is 0 Å². The molecular weight excluding hydrogens is 340 g/mol. The first-order chi connectivity index (χ1) is 11.9. The molecule has 0 bridgehead atoms. The minimum absolute atomic E-state index is 0.180. The molecule has 0 unspecified atom stereocenters. The first-order valence-corrected chi connectivity index (χ1v) is 9.58. The third kappa shape index (κ3) is 4.82. The number of nitrogens with zero attached hydrogens (tertiary/aromatic N) is 3. The van der Waals surface area contributed by atoms with E-state index in [0.29, 0.717) is 17.1 Å². The van der Waals surface area contributed by atoms with Crippen molar-refractivity contribution in [3.05, 3.63) is 35.9 Å². The van der Waals surface area contributed by atoms with Crippen molar-refractivity contribution in [2.24, 2.45) is 0 Å². The second kappa shape index (κ2) is 8.15. The Balaban J connectivity index is 2.15. The van der Waals surface area contributed by atoms with Gasteiger partial charge in [-0.3, -0.25) is 4.72 Å². The maximum Gasteiger partial charge on any atom is 0.263 e. The first-order valence-electron chi connectivity index (χ1n) is 8.09. The Morgan fingerprint density at radius 1 is 1.20 bits per heavy atom. The number of rotatable bonds is 8. The molecule has 7 nitrogen and oxygen atoms in total. The van der Waals surface area contributed by atoms with E-state index in [-0.39, 0.29) is 10.7 Å². The van der Waals surface area contributed by atoms with Crippen LogP contribution in [0.5, 0.6) is 5.75 Å². The van der Waals surface area contributed by atoms with Crippen LogP contribution in [0.1, 0.15) is 25.3 Å². The number of hydrogen-bond donors (Lipinski definition) is 1. The molecule has 2 rings (SSSR count). The van der Waals surface area contributed by atoms with E-state index < -0.39 is 10.0 Å². The molecule has 0 radical (unpaired) electrons. The van der Waals surface area contributed by atoms with E-state index in [1.165, 1.54) is 13.2 Å². The molecule has 0 aliphatic rings. The van der Waals surface area contributed by atoms with E-state index >= 15 is 0 Å². The lowest BCUT2D eigenvalue weighted by molar-refractivity contribution is 0.414. The monoisotopic (exact) mass is 364 g/mol. The first kappa shape index (κ1) is 19.0. The topological polar surface area (TPSA) is 84.4 Å². The van der Waals surface area contributed by atoms with Crippen molar-refractivity contribution >= 4 is 21.7 Å². The van der Waals surface area contributed by atoms with E-state index in [1.54, 1.807) is 31.2 Å². The van der Waals surface area contributed by atoms with Gasteiger partial charge in [-0.1, -0.05) is 13.3 Å². The van der Waals surface area contributed by atoms with Gasteiger partial charge in [0.15, 0.2) is 11.6 Å². The zero-order valence-corrected chi connectivity index (χ0v) is 15.8. The smallest absolute Gasteiger partial charge is 0.263 e. The zero-order valence-electron chi connectivity index (χ0n) is 15.0. The maximum atomic E-state index is 12.6. The van der Waals surface area contributed by atoms with Gasteiger partial charge in [0, 0.05) is 13.6 Å². The summed E-state index contributed by atoms with van der Waals surface area (Å²) in [5.41, 5.74) is 0.593. The van der Waals surface area contributed by atoms with Crippen molar-refractivity contribution in [3.8, 4) is 5.75 Å². The molecule has 1 N–H and O–H groups in total. The third-order valence-corrected chi connectivity index (χ3v) is 5.31. The van der Waals surface area contributed by atoms with E-state index in [4.69, 9.17) is 4.74 Å².